The molecular weight excluding hydrogens is 206 g/mol. The van der Waals surface area contributed by atoms with Gasteiger partial charge in [-0.15, -0.1) is 0 Å². The Hall–Kier alpha value is -2.15. The number of benzene rings is 1. The van der Waals surface area contributed by atoms with Crippen molar-refractivity contribution in [2.75, 3.05) is 0 Å². The Kier molecular flexibility index (Phi) is 2.59. The zero-order valence-electron chi connectivity index (χ0n) is 9.51. The van der Waals surface area contributed by atoms with E-state index in [2.05, 4.69) is 65.7 Å². The minimum Gasteiger partial charge on any atom is -0.256 e. The number of nitrogens with zero attached hydrogens (tertiary/aromatic N) is 1. The van der Waals surface area contributed by atoms with Crippen molar-refractivity contribution < 1.29 is 0 Å². The van der Waals surface area contributed by atoms with E-state index >= 15 is 0 Å². The van der Waals surface area contributed by atoms with Crippen molar-refractivity contribution in [2.24, 2.45) is 0 Å². The molecule has 3 rings (SSSR count). The SMILES string of the molecule is C1=CCC=CC(c2nccc3ccccc23)=C1. The van der Waals surface area contributed by atoms with Gasteiger partial charge in [-0.1, -0.05) is 54.6 Å². The highest BCUT2D eigenvalue weighted by atomic mass is 14.7. The lowest BCUT2D eigenvalue weighted by atomic mass is 10.0. The van der Waals surface area contributed by atoms with Crippen molar-refractivity contribution in [3.63, 3.8) is 0 Å². The van der Waals surface area contributed by atoms with E-state index in [0.29, 0.717) is 0 Å². The van der Waals surface area contributed by atoms with E-state index in [1.54, 1.807) is 0 Å². The van der Waals surface area contributed by atoms with E-state index in [1.165, 1.54) is 16.3 Å². The summed E-state index contributed by atoms with van der Waals surface area (Å²) < 4.78 is 0. The molecule has 0 atom stereocenters. The van der Waals surface area contributed by atoms with Crippen molar-refractivity contribution in [1.82, 2.24) is 4.98 Å². The molecule has 0 bridgehead atoms. The smallest absolute Gasteiger partial charge is 0.0780 e. The maximum absolute atomic E-state index is 4.52. The zero-order valence-corrected chi connectivity index (χ0v) is 9.51. The number of allylic oxidation sites excluding steroid dienone is 6. The number of pyridine rings is 1. The largest absolute Gasteiger partial charge is 0.256 e. The van der Waals surface area contributed by atoms with Crippen LogP contribution in [-0.2, 0) is 0 Å². The van der Waals surface area contributed by atoms with Gasteiger partial charge in [-0.25, -0.2) is 0 Å². The van der Waals surface area contributed by atoms with Gasteiger partial charge in [-0.05, 0) is 17.9 Å². The molecule has 17 heavy (non-hydrogen) atoms. The lowest BCUT2D eigenvalue weighted by molar-refractivity contribution is 1.31. The van der Waals surface area contributed by atoms with Crippen LogP contribution in [-0.4, -0.2) is 4.98 Å². The second kappa shape index (κ2) is 4.38. The summed E-state index contributed by atoms with van der Waals surface area (Å²) in [7, 11) is 0. The standard InChI is InChI=1S/C16H13N/c1-2-4-9-14(8-3-1)16-15-10-6-5-7-13(15)11-12-17-16/h1,3-12H,2H2. The Balaban J connectivity index is 2.23. The fourth-order valence-electron chi connectivity index (χ4n) is 2.09. The van der Waals surface area contributed by atoms with Crippen molar-refractivity contribution in [1.29, 1.82) is 0 Å². The molecule has 0 aliphatic heterocycles. The molecule has 1 nitrogen and oxygen atoms in total. The normalized spacial score (nSPS) is 14.7. The first-order valence-electron chi connectivity index (χ1n) is 5.83. The van der Waals surface area contributed by atoms with Gasteiger partial charge in [-0.2, -0.15) is 0 Å². The summed E-state index contributed by atoms with van der Waals surface area (Å²) in [6.45, 7) is 0. The van der Waals surface area contributed by atoms with Crippen molar-refractivity contribution in [3.8, 4) is 0 Å². The summed E-state index contributed by atoms with van der Waals surface area (Å²) in [5.74, 6) is 0. The van der Waals surface area contributed by atoms with Gasteiger partial charge in [0.2, 0.25) is 0 Å². The summed E-state index contributed by atoms with van der Waals surface area (Å²) in [5, 5.41) is 2.45. The first kappa shape index (κ1) is 10.0. The van der Waals surface area contributed by atoms with Gasteiger partial charge in [0, 0.05) is 17.2 Å². The minimum atomic E-state index is 0.991. The van der Waals surface area contributed by atoms with Gasteiger partial charge in [0.15, 0.2) is 0 Å². The van der Waals surface area contributed by atoms with Crippen LogP contribution >= 0.6 is 0 Å². The number of hydrogen-bond donors (Lipinski definition) is 0. The predicted molar refractivity (Wildman–Crippen MR) is 72.6 cm³/mol. The molecule has 2 aromatic rings. The van der Waals surface area contributed by atoms with E-state index < -0.39 is 0 Å². The van der Waals surface area contributed by atoms with Crippen molar-refractivity contribution in [3.05, 3.63) is 72.6 Å². The third-order valence-corrected chi connectivity index (χ3v) is 2.93. The highest BCUT2D eigenvalue weighted by molar-refractivity contribution is 5.94. The van der Waals surface area contributed by atoms with Crippen LogP contribution < -0.4 is 0 Å². The van der Waals surface area contributed by atoms with Gasteiger partial charge < -0.3 is 0 Å². The highest BCUT2D eigenvalue weighted by Crippen LogP contribution is 2.24. The Labute approximate surface area is 101 Å². The maximum Gasteiger partial charge on any atom is 0.0780 e. The molecule has 0 saturated heterocycles. The van der Waals surface area contributed by atoms with E-state index in [0.717, 1.165) is 12.1 Å². The lowest BCUT2D eigenvalue weighted by Crippen LogP contribution is -1.88. The molecule has 0 unspecified atom stereocenters. The summed E-state index contributed by atoms with van der Waals surface area (Å²) in [4.78, 5) is 4.52. The van der Waals surface area contributed by atoms with Crippen LogP contribution in [0.1, 0.15) is 12.1 Å². The predicted octanol–water partition coefficient (Wildman–Crippen LogP) is 4.13. The van der Waals surface area contributed by atoms with E-state index in [1.807, 2.05) is 6.20 Å². The van der Waals surface area contributed by atoms with Gasteiger partial charge in [0.25, 0.3) is 0 Å². The summed E-state index contributed by atoms with van der Waals surface area (Å²) in [6, 6.07) is 10.4. The fraction of sp³-hybridized carbons (Fsp3) is 0.0625. The second-order valence-corrected chi connectivity index (χ2v) is 4.07. The average molecular weight is 219 g/mol. The Morgan fingerprint density at radius 3 is 2.94 bits per heavy atom. The van der Waals surface area contributed by atoms with Crippen LogP contribution in [0.25, 0.3) is 16.3 Å². The Morgan fingerprint density at radius 1 is 1.00 bits per heavy atom. The molecule has 1 heteroatoms. The fourth-order valence-corrected chi connectivity index (χ4v) is 2.09. The monoisotopic (exact) mass is 219 g/mol. The number of aromatic nitrogens is 1. The third kappa shape index (κ3) is 1.92. The maximum atomic E-state index is 4.52. The molecular formula is C16H13N. The minimum absolute atomic E-state index is 0.991. The third-order valence-electron chi connectivity index (χ3n) is 2.93. The van der Waals surface area contributed by atoms with Gasteiger partial charge in [-0.3, -0.25) is 4.98 Å². The molecule has 1 aliphatic rings. The summed E-state index contributed by atoms with van der Waals surface area (Å²) >= 11 is 0. The molecule has 0 amide bonds. The second-order valence-electron chi connectivity index (χ2n) is 4.07. The first-order chi connectivity index (χ1) is 8.45. The molecule has 1 aliphatic carbocycles. The topological polar surface area (TPSA) is 12.9 Å². The van der Waals surface area contributed by atoms with Gasteiger partial charge >= 0.3 is 0 Å². The Bertz CT molecular complexity index is 628. The van der Waals surface area contributed by atoms with Crippen molar-refractivity contribution >= 4 is 16.3 Å². The van der Waals surface area contributed by atoms with Gasteiger partial charge in [0.1, 0.15) is 0 Å². The molecule has 0 spiro atoms. The van der Waals surface area contributed by atoms with Gasteiger partial charge in [0.05, 0.1) is 5.69 Å². The van der Waals surface area contributed by atoms with Crippen LogP contribution in [0.5, 0.6) is 0 Å². The number of rotatable bonds is 1. The quantitative estimate of drug-likeness (QED) is 0.702. The summed E-state index contributed by atoms with van der Waals surface area (Å²) in [6.07, 6.45) is 13.5. The van der Waals surface area contributed by atoms with E-state index in [4.69, 9.17) is 0 Å². The number of hydrogen-bond acceptors (Lipinski definition) is 1. The lowest BCUT2D eigenvalue weighted by Gasteiger charge is -2.05. The highest BCUT2D eigenvalue weighted by Gasteiger charge is 2.05. The molecule has 0 N–H and O–H groups in total. The molecule has 1 heterocycles. The molecule has 82 valence electrons. The van der Waals surface area contributed by atoms with Crippen LogP contribution in [0.15, 0.2) is 66.9 Å². The van der Waals surface area contributed by atoms with Crippen LogP contribution in [0, 0.1) is 0 Å². The molecule has 0 fully saturated rings. The first-order valence-corrected chi connectivity index (χ1v) is 5.83. The zero-order chi connectivity index (χ0) is 11.5. The van der Waals surface area contributed by atoms with E-state index in [9.17, 15) is 0 Å². The molecule has 0 radical (unpaired) electrons. The van der Waals surface area contributed by atoms with Crippen LogP contribution in [0.4, 0.5) is 0 Å². The molecule has 1 aromatic carbocycles. The summed E-state index contributed by atoms with van der Waals surface area (Å²) in [5.41, 5.74) is 2.24. The van der Waals surface area contributed by atoms with Crippen LogP contribution in [0.2, 0.25) is 0 Å². The number of fused-ring (bicyclic) bond motifs is 1. The van der Waals surface area contributed by atoms with E-state index in [-0.39, 0.29) is 0 Å². The van der Waals surface area contributed by atoms with Crippen molar-refractivity contribution in [2.45, 2.75) is 6.42 Å². The average Bonchev–Trinajstić information content (AvgIpc) is 2.67. The van der Waals surface area contributed by atoms with Crippen LogP contribution in [0.3, 0.4) is 0 Å². The Morgan fingerprint density at radius 2 is 1.94 bits per heavy atom. The molecule has 0 saturated carbocycles. The molecule has 1 aromatic heterocycles.